The molecule has 0 saturated heterocycles. The van der Waals surface area contributed by atoms with E-state index in [4.69, 9.17) is 0 Å². The molecule has 0 heterocycles. The molecule has 3 fully saturated rings. The zero-order valence-electron chi connectivity index (χ0n) is 10.1. The minimum Gasteiger partial charge on any atom is -0.0528 e. The quantitative estimate of drug-likeness (QED) is 0.621. The van der Waals surface area contributed by atoms with Gasteiger partial charge in [0.05, 0.1) is 0 Å². The van der Waals surface area contributed by atoms with Crippen molar-refractivity contribution < 1.29 is 0 Å². The second-order valence-electron chi connectivity index (χ2n) is 6.61. The standard InChI is InChI=1S/C15H26/c1-3-12(4-1)9-14-7-8-15(11-14)10-13-5-2-6-13/h12-15H,1-11H2. The molecule has 0 bridgehead atoms. The molecule has 0 aromatic heterocycles. The van der Waals surface area contributed by atoms with Gasteiger partial charge in [-0.15, -0.1) is 0 Å². The first-order valence-corrected chi connectivity index (χ1v) is 7.40. The maximum atomic E-state index is 1.60. The van der Waals surface area contributed by atoms with Crippen LogP contribution in [0.4, 0.5) is 0 Å². The number of hydrogen-bond donors (Lipinski definition) is 0. The average molecular weight is 206 g/mol. The summed E-state index contributed by atoms with van der Waals surface area (Å²) < 4.78 is 0. The predicted molar refractivity (Wildman–Crippen MR) is 64.7 cm³/mol. The molecular formula is C15H26. The molecule has 0 N–H and O–H groups in total. The van der Waals surface area contributed by atoms with Crippen LogP contribution < -0.4 is 0 Å². The van der Waals surface area contributed by atoms with E-state index in [0.29, 0.717) is 0 Å². The van der Waals surface area contributed by atoms with Crippen molar-refractivity contribution >= 4 is 0 Å². The topological polar surface area (TPSA) is 0 Å². The molecule has 15 heavy (non-hydrogen) atoms. The second-order valence-corrected chi connectivity index (χ2v) is 6.61. The van der Waals surface area contributed by atoms with Crippen LogP contribution in [0.2, 0.25) is 0 Å². The summed E-state index contributed by atoms with van der Waals surface area (Å²) in [5, 5.41) is 0. The summed E-state index contributed by atoms with van der Waals surface area (Å²) in [6.07, 6.45) is 17.3. The number of rotatable bonds is 4. The lowest BCUT2D eigenvalue weighted by atomic mass is 9.77. The van der Waals surface area contributed by atoms with E-state index in [2.05, 4.69) is 0 Å². The monoisotopic (exact) mass is 206 g/mol. The Morgan fingerprint density at radius 3 is 1.33 bits per heavy atom. The van der Waals surface area contributed by atoms with Crippen LogP contribution in [-0.2, 0) is 0 Å². The molecule has 0 radical (unpaired) electrons. The highest BCUT2D eigenvalue weighted by atomic mass is 14.4. The second kappa shape index (κ2) is 4.47. The van der Waals surface area contributed by atoms with Crippen molar-refractivity contribution in [2.75, 3.05) is 0 Å². The zero-order valence-corrected chi connectivity index (χ0v) is 10.1. The molecule has 0 amide bonds. The molecule has 2 atom stereocenters. The predicted octanol–water partition coefficient (Wildman–Crippen LogP) is 4.78. The summed E-state index contributed by atoms with van der Waals surface area (Å²) in [5.41, 5.74) is 0. The van der Waals surface area contributed by atoms with E-state index in [1.807, 2.05) is 0 Å². The van der Waals surface area contributed by atoms with Crippen molar-refractivity contribution in [1.29, 1.82) is 0 Å². The zero-order chi connectivity index (χ0) is 10.1. The average Bonchev–Trinajstić information content (AvgIpc) is 2.52. The van der Waals surface area contributed by atoms with Crippen LogP contribution in [0.5, 0.6) is 0 Å². The normalized spacial score (nSPS) is 37.6. The Labute approximate surface area is 94.8 Å². The molecule has 0 aromatic carbocycles. The fourth-order valence-corrected chi connectivity index (χ4v) is 4.01. The van der Waals surface area contributed by atoms with Crippen molar-refractivity contribution in [2.45, 2.75) is 70.6 Å². The van der Waals surface area contributed by atoms with E-state index in [1.165, 1.54) is 12.8 Å². The van der Waals surface area contributed by atoms with Crippen molar-refractivity contribution in [1.82, 2.24) is 0 Å². The van der Waals surface area contributed by atoms with E-state index in [0.717, 1.165) is 23.7 Å². The van der Waals surface area contributed by atoms with Crippen molar-refractivity contribution in [3.8, 4) is 0 Å². The molecular weight excluding hydrogens is 180 g/mol. The Balaban J connectivity index is 1.37. The van der Waals surface area contributed by atoms with Crippen LogP contribution in [0.3, 0.4) is 0 Å². The molecule has 3 rings (SSSR count). The minimum atomic E-state index is 1.14. The van der Waals surface area contributed by atoms with E-state index < -0.39 is 0 Å². The van der Waals surface area contributed by atoms with Gasteiger partial charge in [-0.2, -0.15) is 0 Å². The van der Waals surface area contributed by atoms with Crippen molar-refractivity contribution in [3.05, 3.63) is 0 Å². The van der Waals surface area contributed by atoms with Gasteiger partial charge in [0.1, 0.15) is 0 Å². The molecule has 3 aliphatic carbocycles. The van der Waals surface area contributed by atoms with Gasteiger partial charge in [-0.05, 0) is 42.9 Å². The third-order valence-corrected chi connectivity index (χ3v) is 5.43. The summed E-state index contributed by atoms with van der Waals surface area (Å²) in [7, 11) is 0. The third kappa shape index (κ3) is 2.40. The van der Waals surface area contributed by atoms with Crippen LogP contribution in [0.25, 0.3) is 0 Å². The Bertz CT molecular complexity index is 178. The highest BCUT2D eigenvalue weighted by molar-refractivity contribution is 4.83. The Morgan fingerprint density at radius 2 is 1.00 bits per heavy atom. The lowest BCUT2D eigenvalue weighted by Gasteiger charge is -2.29. The van der Waals surface area contributed by atoms with Crippen molar-refractivity contribution in [3.63, 3.8) is 0 Å². The molecule has 0 aliphatic heterocycles. The molecule has 0 aromatic rings. The van der Waals surface area contributed by atoms with E-state index in [-0.39, 0.29) is 0 Å². The van der Waals surface area contributed by atoms with E-state index >= 15 is 0 Å². The maximum Gasteiger partial charge on any atom is -0.0409 e. The fraction of sp³-hybridized carbons (Fsp3) is 1.00. The summed E-state index contributed by atoms with van der Waals surface area (Å²) in [5.74, 6) is 4.58. The van der Waals surface area contributed by atoms with Gasteiger partial charge in [-0.3, -0.25) is 0 Å². The first kappa shape index (κ1) is 10.2. The van der Waals surface area contributed by atoms with E-state index in [9.17, 15) is 0 Å². The lowest BCUT2D eigenvalue weighted by Crippen LogP contribution is -2.16. The van der Waals surface area contributed by atoms with Gasteiger partial charge in [0.25, 0.3) is 0 Å². The molecule has 0 spiro atoms. The number of hydrogen-bond acceptors (Lipinski definition) is 0. The molecule has 3 saturated carbocycles. The minimum absolute atomic E-state index is 1.14. The van der Waals surface area contributed by atoms with Crippen LogP contribution >= 0.6 is 0 Å². The van der Waals surface area contributed by atoms with Crippen LogP contribution in [-0.4, -0.2) is 0 Å². The summed E-state index contributed by atoms with van der Waals surface area (Å²) in [4.78, 5) is 0. The van der Waals surface area contributed by atoms with Crippen LogP contribution in [0.15, 0.2) is 0 Å². The molecule has 3 aliphatic rings. The van der Waals surface area contributed by atoms with E-state index in [1.54, 1.807) is 57.8 Å². The van der Waals surface area contributed by atoms with Gasteiger partial charge in [-0.25, -0.2) is 0 Å². The van der Waals surface area contributed by atoms with Gasteiger partial charge in [0.15, 0.2) is 0 Å². The first-order valence-electron chi connectivity index (χ1n) is 7.40. The third-order valence-electron chi connectivity index (χ3n) is 5.43. The highest BCUT2D eigenvalue weighted by Gasteiger charge is 2.31. The van der Waals surface area contributed by atoms with Gasteiger partial charge in [0, 0.05) is 0 Å². The SMILES string of the molecule is C1CC(CC2CCC(CC3CCC3)C2)C1. The highest BCUT2D eigenvalue weighted by Crippen LogP contribution is 2.44. The lowest BCUT2D eigenvalue weighted by molar-refractivity contribution is 0.229. The summed E-state index contributed by atoms with van der Waals surface area (Å²) >= 11 is 0. The molecule has 0 nitrogen and oxygen atoms in total. The molecule has 86 valence electrons. The Morgan fingerprint density at radius 1 is 0.533 bits per heavy atom. The smallest absolute Gasteiger partial charge is 0.0409 e. The first-order chi connectivity index (χ1) is 7.40. The van der Waals surface area contributed by atoms with Gasteiger partial charge < -0.3 is 0 Å². The summed E-state index contributed by atoms with van der Waals surface area (Å²) in [6.45, 7) is 0. The van der Waals surface area contributed by atoms with Crippen LogP contribution in [0, 0.1) is 23.7 Å². The Hall–Kier alpha value is 0. The van der Waals surface area contributed by atoms with Gasteiger partial charge in [-0.1, -0.05) is 51.4 Å². The summed E-state index contributed by atoms with van der Waals surface area (Å²) in [6, 6.07) is 0. The van der Waals surface area contributed by atoms with Gasteiger partial charge >= 0.3 is 0 Å². The maximum absolute atomic E-state index is 1.60. The van der Waals surface area contributed by atoms with Crippen molar-refractivity contribution in [2.24, 2.45) is 23.7 Å². The largest absolute Gasteiger partial charge is 0.0528 e. The van der Waals surface area contributed by atoms with Gasteiger partial charge in [0.2, 0.25) is 0 Å². The molecule has 2 unspecified atom stereocenters. The fourth-order valence-electron chi connectivity index (χ4n) is 4.01. The Kier molecular flexibility index (Phi) is 3.03. The molecule has 0 heteroatoms. The van der Waals surface area contributed by atoms with Crippen LogP contribution in [0.1, 0.15) is 70.6 Å².